The van der Waals surface area contributed by atoms with Crippen molar-refractivity contribution in [2.45, 2.75) is 26.2 Å². The summed E-state index contributed by atoms with van der Waals surface area (Å²) < 4.78 is 0. The summed E-state index contributed by atoms with van der Waals surface area (Å²) >= 11 is 2.97. The molecule has 0 bridgehead atoms. The first-order chi connectivity index (χ1) is 14.1. The molecule has 0 aliphatic carbocycles. The van der Waals surface area contributed by atoms with Gasteiger partial charge in [-0.25, -0.2) is 4.98 Å². The van der Waals surface area contributed by atoms with Crippen molar-refractivity contribution < 1.29 is 9.59 Å². The number of carbonyl (C=O) groups is 2. The SMILES string of the molecule is CCc1ccc(-c2csc(NC(=O)C3CCN(C(=O)c4ccsc4)CC3)n2)cc1. The number of rotatable bonds is 5. The predicted octanol–water partition coefficient (Wildman–Crippen LogP) is 4.92. The van der Waals surface area contributed by atoms with Crippen molar-refractivity contribution >= 4 is 39.6 Å². The lowest BCUT2D eigenvalue weighted by atomic mass is 9.95. The first kappa shape index (κ1) is 19.8. The van der Waals surface area contributed by atoms with E-state index in [1.54, 1.807) is 0 Å². The fourth-order valence-electron chi connectivity index (χ4n) is 3.50. The summed E-state index contributed by atoms with van der Waals surface area (Å²) in [6.07, 6.45) is 2.37. The monoisotopic (exact) mass is 425 g/mol. The van der Waals surface area contributed by atoms with E-state index < -0.39 is 0 Å². The van der Waals surface area contributed by atoms with Gasteiger partial charge in [0.1, 0.15) is 0 Å². The third-order valence-electron chi connectivity index (χ3n) is 5.31. The van der Waals surface area contributed by atoms with Crippen LogP contribution in [0.1, 0.15) is 35.7 Å². The second-order valence-electron chi connectivity index (χ2n) is 7.16. The molecule has 4 rings (SSSR count). The maximum atomic E-state index is 12.7. The van der Waals surface area contributed by atoms with E-state index >= 15 is 0 Å². The number of aryl methyl sites for hydroxylation is 1. The third-order valence-corrected chi connectivity index (χ3v) is 6.75. The van der Waals surface area contributed by atoms with Gasteiger partial charge in [0.15, 0.2) is 5.13 Å². The van der Waals surface area contributed by atoms with Gasteiger partial charge in [-0.1, -0.05) is 31.2 Å². The highest BCUT2D eigenvalue weighted by Crippen LogP contribution is 2.27. The molecular formula is C22H23N3O2S2. The number of hydrogen-bond donors (Lipinski definition) is 1. The lowest BCUT2D eigenvalue weighted by Gasteiger charge is -2.31. The standard InChI is InChI=1S/C22H23N3O2S2/c1-2-15-3-5-16(6-4-15)19-14-29-22(23-19)24-20(26)17-7-10-25(11-8-17)21(27)18-9-12-28-13-18/h3-6,9,12-14,17H,2,7-8,10-11H2,1H3,(H,23,24,26). The summed E-state index contributed by atoms with van der Waals surface area (Å²) in [5.74, 6) is -0.0312. The molecule has 3 heterocycles. The molecule has 0 saturated carbocycles. The molecular weight excluding hydrogens is 402 g/mol. The van der Waals surface area contributed by atoms with E-state index in [0.29, 0.717) is 31.1 Å². The smallest absolute Gasteiger partial charge is 0.254 e. The Balaban J connectivity index is 1.32. The van der Waals surface area contributed by atoms with Crippen molar-refractivity contribution in [1.82, 2.24) is 9.88 Å². The average Bonchev–Trinajstić information content (AvgIpc) is 3.46. The zero-order chi connectivity index (χ0) is 20.2. The highest BCUT2D eigenvalue weighted by molar-refractivity contribution is 7.14. The molecule has 2 aromatic heterocycles. The molecule has 1 saturated heterocycles. The number of carbonyl (C=O) groups excluding carboxylic acids is 2. The highest BCUT2D eigenvalue weighted by Gasteiger charge is 2.28. The summed E-state index contributed by atoms with van der Waals surface area (Å²) in [6.45, 7) is 3.35. The number of thiophene rings is 1. The van der Waals surface area contributed by atoms with Crippen LogP contribution in [-0.4, -0.2) is 34.8 Å². The van der Waals surface area contributed by atoms with Crippen LogP contribution in [0, 0.1) is 5.92 Å². The lowest BCUT2D eigenvalue weighted by molar-refractivity contribution is -0.121. The number of amides is 2. The van der Waals surface area contributed by atoms with E-state index in [0.717, 1.165) is 23.2 Å². The van der Waals surface area contributed by atoms with Gasteiger partial charge in [-0.3, -0.25) is 9.59 Å². The Morgan fingerprint density at radius 3 is 2.55 bits per heavy atom. The first-order valence-corrected chi connectivity index (χ1v) is 11.6. The molecule has 29 heavy (non-hydrogen) atoms. The molecule has 2 amide bonds. The van der Waals surface area contributed by atoms with Crippen LogP contribution in [0.25, 0.3) is 11.3 Å². The largest absolute Gasteiger partial charge is 0.339 e. The zero-order valence-electron chi connectivity index (χ0n) is 16.3. The normalized spacial score (nSPS) is 14.7. The molecule has 0 atom stereocenters. The summed E-state index contributed by atoms with van der Waals surface area (Å²) in [7, 11) is 0. The van der Waals surface area contributed by atoms with Crippen molar-refractivity contribution in [3.05, 3.63) is 57.6 Å². The number of nitrogens with zero attached hydrogens (tertiary/aromatic N) is 2. The molecule has 7 heteroatoms. The number of anilines is 1. The third kappa shape index (κ3) is 4.57. The predicted molar refractivity (Wildman–Crippen MR) is 119 cm³/mol. The van der Waals surface area contributed by atoms with Gasteiger partial charge in [0.25, 0.3) is 5.91 Å². The summed E-state index contributed by atoms with van der Waals surface area (Å²) in [6, 6.07) is 10.2. The molecule has 0 radical (unpaired) electrons. The number of hydrogen-bond acceptors (Lipinski definition) is 5. The van der Waals surface area contributed by atoms with Gasteiger partial charge in [0.2, 0.25) is 5.91 Å². The second kappa shape index (κ2) is 8.88. The maximum absolute atomic E-state index is 12.7. The second-order valence-corrected chi connectivity index (χ2v) is 8.79. The number of thiazole rings is 1. The topological polar surface area (TPSA) is 62.3 Å². The molecule has 3 aromatic rings. The summed E-state index contributed by atoms with van der Waals surface area (Å²) in [5.41, 5.74) is 3.96. The van der Waals surface area contributed by atoms with Gasteiger partial charge in [-0.2, -0.15) is 11.3 Å². The number of piperidine rings is 1. The Morgan fingerprint density at radius 2 is 1.90 bits per heavy atom. The fraction of sp³-hybridized carbons (Fsp3) is 0.318. The van der Waals surface area contributed by atoms with Crippen LogP contribution in [-0.2, 0) is 11.2 Å². The minimum Gasteiger partial charge on any atom is -0.339 e. The molecule has 0 unspecified atom stereocenters. The van der Waals surface area contributed by atoms with Crippen LogP contribution in [0.5, 0.6) is 0 Å². The average molecular weight is 426 g/mol. The minimum absolute atomic E-state index is 0.00476. The number of benzene rings is 1. The van der Waals surface area contributed by atoms with Crippen LogP contribution >= 0.6 is 22.7 Å². The highest BCUT2D eigenvalue weighted by atomic mass is 32.1. The van der Waals surface area contributed by atoms with Crippen molar-refractivity contribution in [3.63, 3.8) is 0 Å². The van der Waals surface area contributed by atoms with E-state index in [9.17, 15) is 9.59 Å². The summed E-state index contributed by atoms with van der Waals surface area (Å²) in [4.78, 5) is 31.5. The molecule has 1 aromatic carbocycles. The maximum Gasteiger partial charge on any atom is 0.254 e. The van der Waals surface area contributed by atoms with Gasteiger partial charge in [0, 0.05) is 35.3 Å². The van der Waals surface area contributed by atoms with Gasteiger partial charge in [-0.05, 0) is 36.3 Å². The Kier molecular flexibility index (Phi) is 6.06. The van der Waals surface area contributed by atoms with E-state index in [-0.39, 0.29) is 17.7 Å². The molecule has 0 spiro atoms. The molecule has 1 aliphatic rings. The Labute approximate surface area is 178 Å². The molecule has 1 aliphatic heterocycles. The molecule has 150 valence electrons. The number of nitrogens with one attached hydrogen (secondary N) is 1. The van der Waals surface area contributed by atoms with Crippen LogP contribution in [0.4, 0.5) is 5.13 Å². The Morgan fingerprint density at radius 1 is 1.14 bits per heavy atom. The Hall–Kier alpha value is -2.51. The lowest BCUT2D eigenvalue weighted by Crippen LogP contribution is -2.41. The van der Waals surface area contributed by atoms with Crippen LogP contribution in [0.3, 0.4) is 0 Å². The zero-order valence-corrected chi connectivity index (χ0v) is 17.9. The van der Waals surface area contributed by atoms with Crippen molar-refractivity contribution in [2.24, 2.45) is 5.92 Å². The fourth-order valence-corrected chi connectivity index (χ4v) is 4.85. The van der Waals surface area contributed by atoms with Crippen LogP contribution < -0.4 is 5.32 Å². The van der Waals surface area contributed by atoms with Gasteiger partial charge < -0.3 is 10.2 Å². The molecule has 1 fully saturated rings. The van der Waals surface area contributed by atoms with Crippen molar-refractivity contribution in [2.75, 3.05) is 18.4 Å². The van der Waals surface area contributed by atoms with Gasteiger partial charge in [0.05, 0.1) is 11.3 Å². The van der Waals surface area contributed by atoms with Crippen LogP contribution in [0.2, 0.25) is 0 Å². The van der Waals surface area contributed by atoms with Gasteiger partial charge in [-0.15, -0.1) is 11.3 Å². The van der Waals surface area contributed by atoms with E-state index in [1.165, 1.54) is 28.2 Å². The first-order valence-electron chi connectivity index (χ1n) is 9.81. The van der Waals surface area contributed by atoms with Gasteiger partial charge >= 0.3 is 0 Å². The quantitative estimate of drug-likeness (QED) is 0.631. The molecule has 5 nitrogen and oxygen atoms in total. The Bertz CT molecular complexity index is 972. The van der Waals surface area contributed by atoms with E-state index in [4.69, 9.17) is 0 Å². The molecule has 1 N–H and O–H groups in total. The summed E-state index contributed by atoms with van der Waals surface area (Å²) in [5, 5.41) is 9.34. The van der Waals surface area contributed by atoms with Crippen molar-refractivity contribution in [3.8, 4) is 11.3 Å². The van der Waals surface area contributed by atoms with E-state index in [1.807, 2.05) is 27.1 Å². The van der Waals surface area contributed by atoms with Crippen molar-refractivity contribution in [1.29, 1.82) is 0 Å². The number of aromatic nitrogens is 1. The van der Waals surface area contributed by atoms with E-state index in [2.05, 4.69) is 41.5 Å². The number of likely N-dealkylation sites (tertiary alicyclic amines) is 1. The minimum atomic E-state index is -0.0855. The van der Waals surface area contributed by atoms with Crippen LogP contribution in [0.15, 0.2) is 46.5 Å².